The van der Waals surface area contributed by atoms with Gasteiger partial charge in [-0.15, -0.1) is 5.10 Å². The van der Waals surface area contributed by atoms with Crippen molar-refractivity contribution >= 4 is 15.7 Å². The van der Waals surface area contributed by atoms with Crippen LogP contribution >= 0.6 is 0 Å². The van der Waals surface area contributed by atoms with Crippen LogP contribution in [0.1, 0.15) is 23.0 Å². The fourth-order valence-corrected chi connectivity index (χ4v) is 2.32. The zero-order valence-corrected chi connectivity index (χ0v) is 11.5. The van der Waals surface area contributed by atoms with Gasteiger partial charge in [-0.1, -0.05) is 5.21 Å². The van der Waals surface area contributed by atoms with Crippen molar-refractivity contribution in [2.45, 2.75) is 12.5 Å². The van der Waals surface area contributed by atoms with E-state index in [-0.39, 0.29) is 23.4 Å². The quantitative estimate of drug-likeness (QED) is 0.622. The normalized spacial score (nSPS) is 16.1. The smallest absolute Gasteiger partial charge is 0.273 e. The van der Waals surface area contributed by atoms with Gasteiger partial charge in [0.1, 0.15) is 9.84 Å². The Balaban J connectivity index is 1.78. The van der Waals surface area contributed by atoms with Crippen LogP contribution in [0.4, 0.5) is 0 Å². The average molecular weight is 287 g/mol. The van der Waals surface area contributed by atoms with Crippen LogP contribution in [0.25, 0.3) is 0 Å². The molecule has 1 aromatic rings. The molecule has 0 saturated carbocycles. The topological polar surface area (TPSA) is 106 Å². The van der Waals surface area contributed by atoms with Crippen LogP contribution < -0.4 is 10.6 Å². The Morgan fingerprint density at radius 1 is 1.58 bits per heavy atom. The molecule has 9 heteroatoms. The molecule has 1 aromatic heterocycles. The molecular formula is C10H17N5O3S. The summed E-state index contributed by atoms with van der Waals surface area (Å²) in [6, 6.07) is 0.263. The number of amides is 1. The fraction of sp³-hybridized carbons (Fsp3) is 0.700. The van der Waals surface area contributed by atoms with E-state index >= 15 is 0 Å². The van der Waals surface area contributed by atoms with Gasteiger partial charge < -0.3 is 10.6 Å². The second-order valence-corrected chi connectivity index (χ2v) is 6.89. The molecule has 1 amide bonds. The van der Waals surface area contributed by atoms with Crippen LogP contribution in [0.5, 0.6) is 0 Å². The standard InChI is InChI=1S/C10H17N5O3S/c1-19(17,18)4-2-3-12-10(16)9-7-15(14-13-9)8-5-11-6-8/h7-8,11H,2-6H2,1H3,(H,12,16). The van der Waals surface area contributed by atoms with Crippen molar-refractivity contribution in [3.63, 3.8) is 0 Å². The van der Waals surface area contributed by atoms with Crippen LogP contribution in [-0.2, 0) is 9.84 Å². The number of hydrogen-bond acceptors (Lipinski definition) is 6. The van der Waals surface area contributed by atoms with E-state index in [1.165, 1.54) is 6.26 Å². The largest absolute Gasteiger partial charge is 0.351 e. The summed E-state index contributed by atoms with van der Waals surface area (Å²) in [5.41, 5.74) is 0.256. The lowest BCUT2D eigenvalue weighted by atomic mass is 10.2. The Kier molecular flexibility index (Phi) is 4.15. The highest BCUT2D eigenvalue weighted by atomic mass is 32.2. The maximum atomic E-state index is 11.7. The monoisotopic (exact) mass is 287 g/mol. The first kappa shape index (κ1) is 13.9. The van der Waals surface area contributed by atoms with E-state index in [0.29, 0.717) is 13.0 Å². The highest BCUT2D eigenvalue weighted by Gasteiger charge is 2.21. The summed E-state index contributed by atoms with van der Waals surface area (Å²) >= 11 is 0. The van der Waals surface area contributed by atoms with E-state index < -0.39 is 9.84 Å². The van der Waals surface area contributed by atoms with Gasteiger partial charge in [-0.3, -0.25) is 4.79 Å². The molecular weight excluding hydrogens is 270 g/mol. The fourth-order valence-electron chi connectivity index (χ4n) is 1.65. The highest BCUT2D eigenvalue weighted by molar-refractivity contribution is 7.90. The summed E-state index contributed by atoms with van der Waals surface area (Å²) < 4.78 is 23.5. The molecule has 19 heavy (non-hydrogen) atoms. The molecule has 0 bridgehead atoms. The first-order valence-corrected chi connectivity index (χ1v) is 8.10. The first-order chi connectivity index (χ1) is 8.96. The second kappa shape index (κ2) is 5.66. The predicted octanol–water partition coefficient (Wildman–Crippen LogP) is -1.41. The number of nitrogens with zero attached hydrogens (tertiary/aromatic N) is 3. The Hall–Kier alpha value is -1.48. The third-order valence-corrected chi connectivity index (χ3v) is 3.88. The van der Waals surface area contributed by atoms with Gasteiger partial charge in [-0.2, -0.15) is 0 Å². The summed E-state index contributed by atoms with van der Waals surface area (Å²) in [5.74, 6) is -0.264. The zero-order chi connectivity index (χ0) is 13.9. The lowest BCUT2D eigenvalue weighted by Crippen LogP contribution is -2.43. The SMILES string of the molecule is CS(=O)(=O)CCCNC(=O)c1cn(C2CNC2)nn1. The van der Waals surface area contributed by atoms with Gasteiger partial charge in [0.15, 0.2) is 5.69 Å². The molecule has 1 aliphatic rings. The van der Waals surface area contributed by atoms with Gasteiger partial charge in [0.2, 0.25) is 0 Å². The maximum Gasteiger partial charge on any atom is 0.273 e. The molecule has 1 saturated heterocycles. The molecule has 0 unspecified atom stereocenters. The molecule has 1 fully saturated rings. The van der Waals surface area contributed by atoms with Crippen LogP contribution in [0.2, 0.25) is 0 Å². The molecule has 2 heterocycles. The Labute approximate surface area is 111 Å². The Bertz CT molecular complexity index is 549. The molecule has 0 spiro atoms. The van der Waals surface area contributed by atoms with Gasteiger partial charge in [0, 0.05) is 25.9 Å². The van der Waals surface area contributed by atoms with Gasteiger partial charge in [-0.05, 0) is 6.42 Å². The number of carbonyl (C=O) groups excluding carboxylic acids is 1. The zero-order valence-electron chi connectivity index (χ0n) is 10.7. The average Bonchev–Trinajstić information content (AvgIpc) is 2.69. The van der Waals surface area contributed by atoms with Gasteiger partial charge >= 0.3 is 0 Å². The Morgan fingerprint density at radius 3 is 2.89 bits per heavy atom. The molecule has 0 atom stereocenters. The second-order valence-electron chi connectivity index (χ2n) is 4.64. The van der Waals surface area contributed by atoms with Crippen molar-refractivity contribution in [2.75, 3.05) is 31.6 Å². The molecule has 106 valence electrons. The third kappa shape index (κ3) is 4.00. The summed E-state index contributed by atoms with van der Waals surface area (Å²) in [4.78, 5) is 11.7. The molecule has 0 radical (unpaired) electrons. The van der Waals surface area contributed by atoms with Crippen molar-refractivity contribution in [3.8, 4) is 0 Å². The van der Waals surface area contributed by atoms with Crippen molar-refractivity contribution in [1.82, 2.24) is 25.6 Å². The van der Waals surface area contributed by atoms with Gasteiger partial charge in [-0.25, -0.2) is 13.1 Å². The van der Waals surface area contributed by atoms with Crippen LogP contribution in [0, 0.1) is 0 Å². The van der Waals surface area contributed by atoms with Crippen molar-refractivity contribution < 1.29 is 13.2 Å². The lowest BCUT2D eigenvalue weighted by molar-refractivity contribution is 0.0948. The van der Waals surface area contributed by atoms with E-state index in [0.717, 1.165) is 13.1 Å². The summed E-state index contributed by atoms with van der Waals surface area (Å²) in [5, 5.41) is 13.4. The molecule has 8 nitrogen and oxygen atoms in total. The van der Waals surface area contributed by atoms with Crippen LogP contribution in [0.15, 0.2) is 6.20 Å². The summed E-state index contributed by atoms with van der Waals surface area (Å²) in [7, 11) is -2.98. The number of hydrogen-bond donors (Lipinski definition) is 2. The van der Waals surface area contributed by atoms with Crippen molar-refractivity contribution in [2.24, 2.45) is 0 Å². The lowest BCUT2D eigenvalue weighted by Gasteiger charge is -2.26. The minimum atomic E-state index is -2.98. The first-order valence-electron chi connectivity index (χ1n) is 6.04. The highest BCUT2D eigenvalue weighted by Crippen LogP contribution is 2.09. The van der Waals surface area contributed by atoms with Gasteiger partial charge in [0.25, 0.3) is 5.91 Å². The van der Waals surface area contributed by atoms with Gasteiger partial charge in [0.05, 0.1) is 18.0 Å². The third-order valence-electron chi connectivity index (χ3n) is 2.85. The maximum absolute atomic E-state index is 11.7. The van der Waals surface area contributed by atoms with E-state index in [9.17, 15) is 13.2 Å². The summed E-state index contributed by atoms with van der Waals surface area (Å²) in [6.07, 6.45) is 3.18. The number of nitrogens with one attached hydrogen (secondary N) is 2. The van der Waals surface area contributed by atoms with E-state index in [2.05, 4.69) is 20.9 Å². The number of aromatic nitrogens is 3. The summed E-state index contributed by atoms with van der Waals surface area (Å²) in [6.45, 7) is 1.97. The Morgan fingerprint density at radius 2 is 2.32 bits per heavy atom. The number of carbonyl (C=O) groups is 1. The number of rotatable bonds is 6. The van der Waals surface area contributed by atoms with E-state index in [1.807, 2.05) is 0 Å². The molecule has 1 aliphatic heterocycles. The minimum absolute atomic E-state index is 0.0632. The number of sulfone groups is 1. The van der Waals surface area contributed by atoms with E-state index in [1.54, 1.807) is 10.9 Å². The molecule has 0 aromatic carbocycles. The van der Waals surface area contributed by atoms with Crippen LogP contribution in [-0.4, -0.2) is 61.0 Å². The van der Waals surface area contributed by atoms with Crippen molar-refractivity contribution in [3.05, 3.63) is 11.9 Å². The van der Waals surface area contributed by atoms with Crippen molar-refractivity contribution in [1.29, 1.82) is 0 Å². The molecule has 2 N–H and O–H groups in total. The molecule has 2 rings (SSSR count). The molecule has 0 aliphatic carbocycles. The predicted molar refractivity (Wildman–Crippen MR) is 68.6 cm³/mol. The minimum Gasteiger partial charge on any atom is -0.351 e. The van der Waals surface area contributed by atoms with Crippen LogP contribution in [0.3, 0.4) is 0 Å². The van der Waals surface area contributed by atoms with E-state index in [4.69, 9.17) is 0 Å².